The van der Waals surface area contributed by atoms with Crippen LogP contribution in [0, 0.1) is 10.5 Å². The lowest BCUT2D eigenvalue weighted by atomic mass is 9.92. The Morgan fingerprint density at radius 3 is 2.44 bits per heavy atom. The molecule has 2 nitrogen and oxygen atoms in total. The Morgan fingerprint density at radius 1 is 1.28 bits per heavy atom. The Morgan fingerprint density at radius 2 is 1.94 bits per heavy atom. The molecule has 2 aromatic rings. The monoisotopic (exact) mass is 392 g/mol. The van der Waals surface area contributed by atoms with Gasteiger partial charge in [0.05, 0.1) is 14.1 Å². The first kappa shape index (κ1) is 14.2. The van der Waals surface area contributed by atoms with Crippen molar-refractivity contribution in [3.63, 3.8) is 0 Å². The molecule has 0 spiro atoms. The van der Waals surface area contributed by atoms with Crippen LogP contribution in [0.3, 0.4) is 0 Å². The fourth-order valence-electron chi connectivity index (χ4n) is 1.62. The van der Waals surface area contributed by atoms with Crippen LogP contribution in [0.2, 0.25) is 5.15 Å². The minimum Gasteiger partial charge on any atom is -0.231 e. The normalized spacial score (nSPS) is 11.9. The number of halogens is 2. The van der Waals surface area contributed by atoms with Crippen LogP contribution in [0.4, 0.5) is 0 Å². The molecule has 0 aliphatic carbocycles. The quantitative estimate of drug-likeness (QED) is 0.500. The predicted molar refractivity (Wildman–Crippen MR) is 86.5 cm³/mol. The van der Waals surface area contributed by atoms with Crippen molar-refractivity contribution in [1.29, 1.82) is 0 Å². The van der Waals surface area contributed by atoms with Crippen molar-refractivity contribution in [2.24, 2.45) is 0 Å². The third-order valence-corrected chi connectivity index (χ3v) is 5.21. The van der Waals surface area contributed by atoms with Gasteiger partial charge >= 0.3 is 0 Å². The molecule has 2 heterocycles. The molecule has 2 aromatic heterocycles. The fraction of sp³-hybridized carbons (Fsp3) is 0.385. The van der Waals surface area contributed by atoms with Crippen LogP contribution in [0.5, 0.6) is 0 Å². The maximum absolute atomic E-state index is 6.24. The fourth-order valence-corrected chi connectivity index (χ4v) is 3.70. The van der Waals surface area contributed by atoms with E-state index >= 15 is 0 Å². The summed E-state index contributed by atoms with van der Waals surface area (Å²) < 4.78 is 0.944. The van der Waals surface area contributed by atoms with E-state index in [1.54, 1.807) is 11.3 Å². The van der Waals surface area contributed by atoms with Crippen molar-refractivity contribution in [2.45, 2.75) is 33.1 Å². The maximum Gasteiger partial charge on any atom is 0.171 e. The number of thiophene rings is 1. The molecule has 18 heavy (non-hydrogen) atoms. The first-order valence-electron chi connectivity index (χ1n) is 5.58. The summed E-state index contributed by atoms with van der Waals surface area (Å²) in [5.41, 5.74) is 2.16. The first-order chi connectivity index (χ1) is 8.30. The Kier molecular flexibility index (Phi) is 3.99. The second-order valence-corrected chi connectivity index (χ2v) is 7.54. The van der Waals surface area contributed by atoms with Crippen molar-refractivity contribution >= 4 is 45.5 Å². The van der Waals surface area contributed by atoms with Crippen LogP contribution in [-0.2, 0) is 5.41 Å². The van der Waals surface area contributed by atoms with Gasteiger partial charge in [0, 0.05) is 5.41 Å². The molecular weight excluding hydrogens is 379 g/mol. The minimum atomic E-state index is -0.0387. The van der Waals surface area contributed by atoms with Gasteiger partial charge in [0.15, 0.2) is 5.82 Å². The number of hydrogen-bond acceptors (Lipinski definition) is 3. The number of aryl methyl sites for hydroxylation is 1. The van der Waals surface area contributed by atoms with Crippen LogP contribution in [0.15, 0.2) is 11.4 Å². The largest absolute Gasteiger partial charge is 0.231 e. The lowest BCUT2D eigenvalue weighted by molar-refractivity contribution is 0.563. The number of nitrogens with zero attached hydrogens (tertiary/aromatic N) is 2. The van der Waals surface area contributed by atoms with Crippen molar-refractivity contribution < 1.29 is 0 Å². The number of aromatic nitrogens is 2. The molecule has 0 fully saturated rings. The zero-order valence-electron chi connectivity index (χ0n) is 10.7. The molecular formula is C13H14ClIN2S. The summed E-state index contributed by atoms with van der Waals surface area (Å²) in [7, 11) is 0. The van der Waals surface area contributed by atoms with Gasteiger partial charge in [-0.1, -0.05) is 32.4 Å². The molecule has 0 radical (unpaired) electrons. The summed E-state index contributed by atoms with van der Waals surface area (Å²) in [5, 5.41) is 2.59. The summed E-state index contributed by atoms with van der Waals surface area (Å²) in [5.74, 6) is 0.734. The summed E-state index contributed by atoms with van der Waals surface area (Å²) in [6, 6.07) is 2.08. The van der Waals surface area contributed by atoms with E-state index in [9.17, 15) is 0 Å². The number of rotatable bonds is 1. The lowest BCUT2D eigenvalue weighted by Gasteiger charge is -2.20. The number of hydrogen-bond donors (Lipinski definition) is 0. The average molecular weight is 393 g/mol. The standard InChI is InChI=1S/C13H14ClIN2S/c1-7-5-6-18-9(7)12-16-10(13(2,3)4)8(15)11(14)17-12/h5-6H,1-4H3. The molecule has 0 aliphatic heterocycles. The Bertz CT molecular complexity index is 587. The molecule has 2 rings (SSSR count). The van der Waals surface area contributed by atoms with E-state index in [1.165, 1.54) is 5.56 Å². The van der Waals surface area contributed by atoms with Gasteiger partial charge in [0.25, 0.3) is 0 Å². The molecule has 0 N–H and O–H groups in total. The van der Waals surface area contributed by atoms with E-state index in [4.69, 9.17) is 16.6 Å². The van der Waals surface area contributed by atoms with Crippen molar-refractivity contribution in [3.05, 3.63) is 31.4 Å². The van der Waals surface area contributed by atoms with Crippen LogP contribution in [0.25, 0.3) is 10.7 Å². The molecule has 0 amide bonds. The predicted octanol–water partition coefficient (Wildman–Crippen LogP) is 5.07. The Labute approximate surface area is 130 Å². The van der Waals surface area contributed by atoms with Gasteiger partial charge in [-0.2, -0.15) is 0 Å². The molecule has 0 unspecified atom stereocenters. The third-order valence-electron chi connectivity index (χ3n) is 2.59. The molecule has 0 saturated carbocycles. The van der Waals surface area contributed by atoms with E-state index in [2.05, 4.69) is 66.7 Å². The Hall–Kier alpha value is -0.200. The Balaban J connectivity index is 2.66. The molecule has 96 valence electrons. The van der Waals surface area contributed by atoms with E-state index < -0.39 is 0 Å². The highest BCUT2D eigenvalue weighted by atomic mass is 127. The van der Waals surface area contributed by atoms with Crippen molar-refractivity contribution in [3.8, 4) is 10.7 Å². The molecule has 0 aliphatic rings. The highest BCUT2D eigenvalue weighted by Gasteiger charge is 2.23. The van der Waals surface area contributed by atoms with Crippen molar-refractivity contribution in [1.82, 2.24) is 9.97 Å². The van der Waals surface area contributed by atoms with Gasteiger partial charge in [-0.15, -0.1) is 11.3 Å². The average Bonchev–Trinajstić information content (AvgIpc) is 2.66. The highest BCUT2D eigenvalue weighted by molar-refractivity contribution is 14.1. The molecule has 5 heteroatoms. The van der Waals surface area contributed by atoms with Gasteiger partial charge < -0.3 is 0 Å². The summed E-state index contributed by atoms with van der Waals surface area (Å²) >= 11 is 10.1. The highest BCUT2D eigenvalue weighted by Crippen LogP contribution is 2.33. The van der Waals surface area contributed by atoms with Gasteiger partial charge in [0.2, 0.25) is 0 Å². The van der Waals surface area contributed by atoms with E-state index in [0.29, 0.717) is 5.15 Å². The van der Waals surface area contributed by atoms with Gasteiger partial charge in [-0.25, -0.2) is 9.97 Å². The topological polar surface area (TPSA) is 25.8 Å². The molecule has 0 bridgehead atoms. The van der Waals surface area contributed by atoms with E-state index in [0.717, 1.165) is 20.0 Å². The van der Waals surface area contributed by atoms with Gasteiger partial charge in [0.1, 0.15) is 5.15 Å². The minimum absolute atomic E-state index is 0.0387. The van der Waals surface area contributed by atoms with Crippen LogP contribution >= 0.6 is 45.5 Å². The summed E-state index contributed by atoms with van der Waals surface area (Å²) in [4.78, 5) is 10.2. The smallest absolute Gasteiger partial charge is 0.171 e. The summed E-state index contributed by atoms with van der Waals surface area (Å²) in [6.07, 6.45) is 0. The molecule has 0 aromatic carbocycles. The molecule has 0 atom stereocenters. The van der Waals surface area contributed by atoms with Crippen LogP contribution < -0.4 is 0 Å². The van der Waals surface area contributed by atoms with Crippen molar-refractivity contribution in [2.75, 3.05) is 0 Å². The lowest BCUT2D eigenvalue weighted by Crippen LogP contribution is -2.17. The molecule has 0 saturated heterocycles. The zero-order valence-corrected chi connectivity index (χ0v) is 14.4. The van der Waals surface area contributed by atoms with E-state index in [-0.39, 0.29) is 5.41 Å². The van der Waals surface area contributed by atoms with E-state index in [1.807, 2.05) is 0 Å². The van der Waals surface area contributed by atoms with Crippen LogP contribution in [0.1, 0.15) is 32.0 Å². The second kappa shape index (κ2) is 5.06. The van der Waals surface area contributed by atoms with Crippen LogP contribution in [-0.4, -0.2) is 9.97 Å². The second-order valence-electron chi connectivity index (χ2n) is 5.18. The van der Waals surface area contributed by atoms with Gasteiger partial charge in [-0.05, 0) is 46.5 Å². The first-order valence-corrected chi connectivity index (χ1v) is 7.92. The third kappa shape index (κ3) is 2.70. The zero-order chi connectivity index (χ0) is 13.5. The maximum atomic E-state index is 6.24. The summed E-state index contributed by atoms with van der Waals surface area (Å²) in [6.45, 7) is 8.48. The van der Waals surface area contributed by atoms with Gasteiger partial charge in [-0.3, -0.25) is 0 Å². The SMILES string of the molecule is Cc1ccsc1-c1nc(Cl)c(I)c(C(C)(C)C)n1.